The Balaban J connectivity index is 1.63. The largest absolute Gasteiger partial charge is 0.457 e. The number of fused-ring (bicyclic) bond motifs is 1. The van der Waals surface area contributed by atoms with Gasteiger partial charge in [-0.2, -0.15) is 5.26 Å². The number of anilines is 1. The van der Waals surface area contributed by atoms with Gasteiger partial charge in [0.05, 0.1) is 12.1 Å². The Labute approximate surface area is 151 Å². The van der Waals surface area contributed by atoms with E-state index in [-0.39, 0.29) is 11.3 Å². The summed E-state index contributed by atoms with van der Waals surface area (Å²) in [6.07, 6.45) is 0. The van der Waals surface area contributed by atoms with Crippen molar-refractivity contribution >= 4 is 17.4 Å². The highest BCUT2D eigenvalue weighted by Gasteiger charge is 2.30. The minimum Gasteiger partial charge on any atom is -0.457 e. The number of para-hydroxylation sites is 2. The van der Waals surface area contributed by atoms with Gasteiger partial charge in [-0.3, -0.25) is 0 Å². The van der Waals surface area contributed by atoms with Crippen LogP contribution in [0.4, 0.5) is 5.69 Å². The molecule has 0 amide bonds. The minimum atomic E-state index is -0.193. The molecule has 122 valence electrons. The predicted octanol–water partition coefficient (Wildman–Crippen LogP) is 5.63. The molecule has 1 aliphatic heterocycles. The fourth-order valence-corrected chi connectivity index (χ4v) is 3.99. The third kappa shape index (κ3) is 3.33. The Morgan fingerprint density at radius 2 is 1.64 bits per heavy atom. The van der Waals surface area contributed by atoms with Gasteiger partial charge in [0, 0.05) is 10.6 Å². The van der Waals surface area contributed by atoms with E-state index >= 15 is 0 Å². The van der Waals surface area contributed by atoms with Gasteiger partial charge in [0.1, 0.15) is 16.7 Å². The lowest BCUT2D eigenvalue weighted by Gasteiger charge is -2.30. The van der Waals surface area contributed by atoms with E-state index in [1.165, 1.54) is 0 Å². The normalized spacial score (nSPS) is 18.5. The van der Waals surface area contributed by atoms with Crippen LogP contribution in [0.3, 0.4) is 0 Å². The van der Waals surface area contributed by atoms with Crippen molar-refractivity contribution in [2.45, 2.75) is 16.2 Å². The first-order valence-corrected chi connectivity index (χ1v) is 8.96. The highest BCUT2D eigenvalue weighted by molar-refractivity contribution is 8.00. The van der Waals surface area contributed by atoms with Crippen LogP contribution in [0.15, 0.2) is 83.8 Å². The molecule has 25 heavy (non-hydrogen) atoms. The molecule has 1 N–H and O–H groups in total. The molecule has 0 radical (unpaired) electrons. The molecule has 0 fully saturated rings. The number of benzene rings is 3. The molecular formula is C21H16N2OS. The van der Waals surface area contributed by atoms with Gasteiger partial charge in [-0.25, -0.2) is 0 Å². The predicted molar refractivity (Wildman–Crippen MR) is 101 cm³/mol. The van der Waals surface area contributed by atoms with Crippen LogP contribution in [0.1, 0.15) is 11.6 Å². The lowest BCUT2D eigenvalue weighted by atomic mass is 10.0. The maximum absolute atomic E-state index is 9.61. The van der Waals surface area contributed by atoms with Crippen LogP contribution in [0.5, 0.6) is 11.5 Å². The summed E-state index contributed by atoms with van der Waals surface area (Å²) in [6.45, 7) is 0. The summed E-state index contributed by atoms with van der Waals surface area (Å²) in [5, 5.41) is 12.9. The molecule has 4 rings (SSSR count). The fraction of sp³-hybridized carbons (Fsp3) is 0.0952. The highest BCUT2D eigenvalue weighted by Crippen LogP contribution is 2.43. The zero-order chi connectivity index (χ0) is 17.1. The van der Waals surface area contributed by atoms with Gasteiger partial charge in [0.2, 0.25) is 0 Å². The fourth-order valence-electron chi connectivity index (χ4n) is 2.89. The van der Waals surface area contributed by atoms with Gasteiger partial charge >= 0.3 is 0 Å². The van der Waals surface area contributed by atoms with Crippen LogP contribution in [0.25, 0.3) is 0 Å². The highest BCUT2D eigenvalue weighted by atomic mass is 32.2. The third-order valence-corrected chi connectivity index (χ3v) is 5.32. The van der Waals surface area contributed by atoms with Gasteiger partial charge in [0.15, 0.2) is 0 Å². The first-order chi connectivity index (χ1) is 12.3. The molecule has 2 unspecified atom stereocenters. The van der Waals surface area contributed by atoms with Crippen molar-refractivity contribution in [3.05, 3.63) is 84.4 Å². The molecule has 3 aromatic rings. The molecule has 3 nitrogen and oxygen atoms in total. The van der Waals surface area contributed by atoms with Crippen molar-refractivity contribution in [2.75, 3.05) is 5.32 Å². The molecule has 0 saturated heterocycles. The first kappa shape index (κ1) is 15.6. The second kappa shape index (κ2) is 6.92. The standard InChI is InChI=1S/C21H16N2OS/c22-14-20-21(23-18-11-4-5-12-19(18)25-20)15-7-6-10-17(13-15)24-16-8-2-1-3-9-16/h1-13,20-21,23H. The maximum Gasteiger partial charge on any atom is 0.127 e. The Morgan fingerprint density at radius 1 is 0.880 bits per heavy atom. The maximum atomic E-state index is 9.61. The molecule has 0 spiro atoms. The molecule has 0 bridgehead atoms. The van der Waals surface area contributed by atoms with Crippen LogP contribution in [0.2, 0.25) is 0 Å². The van der Waals surface area contributed by atoms with E-state index in [2.05, 4.69) is 11.4 Å². The van der Waals surface area contributed by atoms with Gasteiger partial charge in [-0.05, 0) is 42.0 Å². The van der Waals surface area contributed by atoms with Gasteiger partial charge < -0.3 is 10.1 Å². The molecule has 3 aromatic carbocycles. The van der Waals surface area contributed by atoms with Crippen molar-refractivity contribution in [1.29, 1.82) is 5.26 Å². The quantitative estimate of drug-likeness (QED) is 0.669. The van der Waals surface area contributed by atoms with E-state index < -0.39 is 0 Å². The van der Waals surface area contributed by atoms with Crippen LogP contribution >= 0.6 is 11.8 Å². The molecule has 0 saturated carbocycles. The van der Waals surface area contributed by atoms with Crippen LogP contribution in [-0.4, -0.2) is 5.25 Å². The molecule has 2 atom stereocenters. The molecule has 0 aliphatic carbocycles. The van der Waals surface area contributed by atoms with Crippen LogP contribution in [0, 0.1) is 11.3 Å². The zero-order valence-corrected chi connectivity index (χ0v) is 14.2. The average molecular weight is 344 g/mol. The third-order valence-electron chi connectivity index (χ3n) is 4.08. The van der Waals surface area contributed by atoms with Crippen molar-refractivity contribution in [3.8, 4) is 17.6 Å². The Morgan fingerprint density at radius 3 is 2.48 bits per heavy atom. The number of thioether (sulfide) groups is 1. The molecule has 0 aromatic heterocycles. The Hall–Kier alpha value is -2.90. The number of hydrogen-bond acceptors (Lipinski definition) is 4. The van der Waals surface area contributed by atoms with E-state index in [1.807, 2.05) is 78.9 Å². The van der Waals surface area contributed by atoms with E-state index in [1.54, 1.807) is 11.8 Å². The van der Waals surface area contributed by atoms with E-state index in [4.69, 9.17) is 4.74 Å². The lowest BCUT2D eigenvalue weighted by Crippen LogP contribution is -2.25. The Kier molecular flexibility index (Phi) is 4.32. The first-order valence-electron chi connectivity index (χ1n) is 8.08. The zero-order valence-electron chi connectivity index (χ0n) is 13.4. The molecule has 1 heterocycles. The Bertz CT molecular complexity index is 920. The van der Waals surface area contributed by atoms with Gasteiger partial charge in [-0.15, -0.1) is 11.8 Å². The van der Waals surface area contributed by atoms with Crippen LogP contribution < -0.4 is 10.1 Å². The molecule has 1 aliphatic rings. The summed E-state index contributed by atoms with van der Waals surface area (Å²) in [6, 6.07) is 28.1. The number of nitrogens with one attached hydrogen (secondary N) is 1. The number of ether oxygens (including phenoxy) is 1. The second-order valence-electron chi connectivity index (χ2n) is 5.77. The molecular weight excluding hydrogens is 328 g/mol. The summed E-state index contributed by atoms with van der Waals surface area (Å²) in [5.41, 5.74) is 2.11. The van der Waals surface area contributed by atoms with E-state index in [9.17, 15) is 5.26 Å². The van der Waals surface area contributed by atoms with E-state index in [0.717, 1.165) is 27.6 Å². The minimum absolute atomic E-state index is 0.0794. The molecule has 4 heteroatoms. The topological polar surface area (TPSA) is 45.0 Å². The monoisotopic (exact) mass is 344 g/mol. The average Bonchev–Trinajstić information content (AvgIpc) is 2.68. The summed E-state index contributed by atoms with van der Waals surface area (Å²) in [5.74, 6) is 1.57. The second-order valence-corrected chi connectivity index (χ2v) is 6.96. The van der Waals surface area contributed by atoms with Crippen molar-refractivity contribution in [1.82, 2.24) is 0 Å². The van der Waals surface area contributed by atoms with Crippen molar-refractivity contribution in [3.63, 3.8) is 0 Å². The summed E-state index contributed by atoms with van der Waals surface area (Å²) < 4.78 is 5.93. The lowest BCUT2D eigenvalue weighted by molar-refractivity contribution is 0.481. The van der Waals surface area contributed by atoms with Gasteiger partial charge in [0.25, 0.3) is 0 Å². The number of rotatable bonds is 3. The van der Waals surface area contributed by atoms with Crippen molar-refractivity contribution in [2.24, 2.45) is 0 Å². The summed E-state index contributed by atoms with van der Waals surface area (Å²) in [7, 11) is 0. The number of hydrogen-bond donors (Lipinski definition) is 1. The van der Waals surface area contributed by atoms with Crippen LogP contribution in [-0.2, 0) is 0 Å². The number of nitriles is 1. The smallest absolute Gasteiger partial charge is 0.127 e. The van der Waals surface area contributed by atoms with E-state index in [0.29, 0.717) is 0 Å². The van der Waals surface area contributed by atoms with Crippen molar-refractivity contribution < 1.29 is 4.74 Å². The summed E-state index contributed by atoms with van der Waals surface area (Å²) >= 11 is 1.61. The number of nitrogens with zero attached hydrogens (tertiary/aromatic N) is 1. The van der Waals surface area contributed by atoms with Gasteiger partial charge in [-0.1, -0.05) is 42.5 Å². The SMILES string of the molecule is N#CC1Sc2ccccc2NC1c1cccc(Oc2ccccc2)c1. The summed E-state index contributed by atoms with van der Waals surface area (Å²) in [4.78, 5) is 1.11.